The number of carbonyl (C=O) groups is 1. The Balaban J connectivity index is 1.35. The number of nitrogens with zero attached hydrogens (tertiary/aromatic N) is 3. The minimum atomic E-state index is 0.00600. The van der Waals surface area contributed by atoms with Crippen molar-refractivity contribution in [2.45, 2.75) is 51.9 Å². The lowest BCUT2D eigenvalue weighted by atomic mass is 10.1. The van der Waals surface area contributed by atoms with Crippen molar-refractivity contribution >= 4 is 5.91 Å². The van der Waals surface area contributed by atoms with Crippen LogP contribution in [0.5, 0.6) is 0 Å². The van der Waals surface area contributed by atoms with E-state index in [2.05, 4.69) is 35.2 Å². The van der Waals surface area contributed by atoms with E-state index in [1.54, 1.807) is 0 Å². The number of benzene rings is 1. The first-order valence-corrected chi connectivity index (χ1v) is 9.74. The van der Waals surface area contributed by atoms with Gasteiger partial charge in [0.05, 0.1) is 24.9 Å². The molecule has 144 valence electrons. The average molecular weight is 368 g/mol. The van der Waals surface area contributed by atoms with Crippen molar-refractivity contribution in [3.63, 3.8) is 0 Å². The van der Waals surface area contributed by atoms with Gasteiger partial charge in [-0.2, -0.15) is 5.10 Å². The topological polar surface area (TPSA) is 59.4 Å². The van der Waals surface area contributed by atoms with Crippen molar-refractivity contribution in [1.29, 1.82) is 0 Å². The van der Waals surface area contributed by atoms with Crippen LogP contribution in [0.4, 0.5) is 0 Å². The summed E-state index contributed by atoms with van der Waals surface area (Å²) in [6, 6.07) is 10.6. The number of aryl methyl sites for hydroxylation is 2. The Hall–Kier alpha value is -2.18. The van der Waals surface area contributed by atoms with Crippen LogP contribution in [0.2, 0.25) is 0 Å². The first kappa shape index (κ1) is 18.2. The average Bonchev–Trinajstić information content (AvgIpc) is 3.16. The number of aromatic nitrogens is 2. The van der Waals surface area contributed by atoms with Crippen LogP contribution in [0.1, 0.15) is 40.7 Å². The lowest BCUT2D eigenvalue weighted by Crippen LogP contribution is -2.45. The number of hydrogen-bond acceptors (Lipinski definition) is 4. The molecule has 3 atom stereocenters. The SMILES string of the molecule is Cc1cc(C)n(Cc2ccc(C(=O)N[C@H]3C[C@H]4CO[C@@H](C)CN4C3)cc2)n1. The molecule has 0 radical (unpaired) electrons. The molecular weight excluding hydrogens is 340 g/mol. The van der Waals surface area contributed by atoms with Crippen LogP contribution >= 0.6 is 0 Å². The molecular formula is C21H28N4O2. The molecule has 2 fully saturated rings. The third-order valence-corrected chi connectivity index (χ3v) is 5.58. The van der Waals surface area contributed by atoms with E-state index in [0.717, 1.165) is 49.6 Å². The van der Waals surface area contributed by atoms with E-state index in [1.165, 1.54) is 0 Å². The molecule has 6 heteroatoms. The molecule has 2 aliphatic heterocycles. The molecule has 2 aliphatic rings. The van der Waals surface area contributed by atoms with E-state index >= 15 is 0 Å². The predicted molar refractivity (Wildman–Crippen MR) is 104 cm³/mol. The zero-order valence-corrected chi connectivity index (χ0v) is 16.3. The van der Waals surface area contributed by atoms with Crippen LogP contribution in [-0.4, -0.2) is 58.5 Å². The van der Waals surface area contributed by atoms with Gasteiger partial charge in [0.2, 0.25) is 0 Å². The van der Waals surface area contributed by atoms with Gasteiger partial charge in [-0.15, -0.1) is 0 Å². The van der Waals surface area contributed by atoms with Gasteiger partial charge < -0.3 is 10.1 Å². The summed E-state index contributed by atoms with van der Waals surface area (Å²) >= 11 is 0. The number of amides is 1. The molecule has 0 spiro atoms. The second kappa shape index (κ2) is 7.44. The highest BCUT2D eigenvalue weighted by Gasteiger charge is 2.36. The fraction of sp³-hybridized carbons (Fsp3) is 0.524. The van der Waals surface area contributed by atoms with E-state index in [1.807, 2.05) is 35.9 Å². The molecule has 0 saturated carbocycles. The number of nitrogens with one attached hydrogen (secondary N) is 1. The molecule has 4 rings (SSSR count). The van der Waals surface area contributed by atoms with Gasteiger partial charge in [0, 0.05) is 36.4 Å². The lowest BCUT2D eigenvalue weighted by molar-refractivity contribution is -0.0390. The number of morpholine rings is 1. The molecule has 1 N–H and O–H groups in total. The quantitative estimate of drug-likeness (QED) is 0.898. The van der Waals surface area contributed by atoms with Crippen molar-refractivity contribution in [2.24, 2.45) is 0 Å². The van der Waals surface area contributed by atoms with E-state index in [4.69, 9.17) is 4.74 Å². The number of fused-ring (bicyclic) bond motifs is 1. The molecule has 2 saturated heterocycles. The van der Waals surface area contributed by atoms with E-state index in [9.17, 15) is 4.79 Å². The summed E-state index contributed by atoms with van der Waals surface area (Å²) in [7, 11) is 0. The molecule has 0 aliphatic carbocycles. The van der Waals surface area contributed by atoms with Gasteiger partial charge in [-0.1, -0.05) is 12.1 Å². The second-order valence-electron chi connectivity index (χ2n) is 7.94. The molecule has 3 heterocycles. The van der Waals surface area contributed by atoms with E-state index in [0.29, 0.717) is 11.6 Å². The Bertz CT molecular complexity index is 814. The highest BCUT2D eigenvalue weighted by atomic mass is 16.5. The van der Waals surface area contributed by atoms with Crippen LogP contribution in [0.3, 0.4) is 0 Å². The van der Waals surface area contributed by atoms with Crippen LogP contribution < -0.4 is 5.32 Å². The van der Waals surface area contributed by atoms with E-state index in [-0.39, 0.29) is 18.1 Å². The monoisotopic (exact) mass is 368 g/mol. The van der Waals surface area contributed by atoms with Crippen LogP contribution in [-0.2, 0) is 11.3 Å². The van der Waals surface area contributed by atoms with Gasteiger partial charge in [0.25, 0.3) is 5.91 Å². The fourth-order valence-corrected chi connectivity index (χ4v) is 4.18. The number of rotatable bonds is 4. The Morgan fingerprint density at radius 3 is 2.74 bits per heavy atom. The Labute approximate surface area is 160 Å². The summed E-state index contributed by atoms with van der Waals surface area (Å²) in [5.41, 5.74) is 4.02. The Morgan fingerprint density at radius 1 is 1.26 bits per heavy atom. The van der Waals surface area contributed by atoms with Gasteiger partial charge >= 0.3 is 0 Å². The maximum Gasteiger partial charge on any atom is 0.251 e. The molecule has 1 amide bonds. The summed E-state index contributed by atoms with van der Waals surface area (Å²) < 4.78 is 7.73. The normalized spacial score (nSPS) is 25.4. The molecule has 1 aromatic heterocycles. The smallest absolute Gasteiger partial charge is 0.251 e. The van der Waals surface area contributed by atoms with Crippen molar-refractivity contribution < 1.29 is 9.53 Å². The third kappa shape index (κ3) is 4.06. The minimum absolute atomic E-state index is 0.00600. The van der Waals surface area contributed by atoms with Crippen molar-refractivity contribution in [3.05, 3.63) is 52.8 Å². The zero-order valence-electron chi connectivity index (χ0n) is 16.3. The van der Waals surface area contributed by atoms with Crippen LogP contribution in [0, 0.1) is 13.8 Å². The molecule has 0 unspecified atom stereocenters. The zero-order chi connectivity index (χ0) is 19.0. The molecule has 1 aromatic carbocycles. The molecule has 2 aromatic rings. The highest BCUT2D eigenvalue weighted by Crippen LogP contribution is 2.23. The number of ether oxygens (including phenoxy) is 1. The Morgan fingerprint density at radius 2 is 2.04 bits per heavy atom. The minimum Gasteiger partial charge on any atom is -0.376 e. The first-order valence-electron chi connectivity index (χ1n) is 9.74. The van der Waals surface area contributed by atoms with E-state index < -0.39 is 0 Å². The van der Waals surface area contributed by atoms with Crippen LogP contribution in [0.15, 0.2) is 30.3 Å². The summed E-state index contributed by atoms with van der Waals surface area (Å²) in [6.45, 7) is 9.53. The summed E-state index contributed by atoms with van der Waals surface area (Å²) in [5, 5.41) is 7.69. The molecule has 27 heavy (non-hydrogen) atoms. The standard InChI is InChI=1S/C21H28N4O2/c1-14-8-15(2)25(23-14)11-17-4-6-18(7-5-17)21(26)22-19-9-20-13-27-16(3)10-24(20)12-19/h4-8,16,19-20H,9-13H2,1-3H3,(H,22,26)/t16-,19-,20-/m0/s1. The maximum atomic E-state index is 12.6. The van der Waals surface area contributed by atoms with Crippen LogP contribution in [0.25, 0.3) is 0 Å². The van der Waals surface area contributed by atoms with Gasteiger partial charge in [0.1, 0.15) is 0 Å². The first-order chi connectivity index (χ1) is 13.0. The number of hydrogen-bond donors (Lipinski definition) is 1. The number of carbonyl (C=O) groups excluding carboxylic acids is 1. The van der Waals surface area contributed by atoms with Crippen molar-refractivity contribution in [3.8, 4) is 0 Å². The molecule has 6 nitrogen and oxygen atoms in total. The van der Waals surface area contributed by atoms with Crippen molar-refractivity contribution in [2.75, 3.05) is 19.7 Å². The third-order valence-electron chi connectivity index (χ3n) is 5.58. The predicted octanol–water partition coefficient (Wildman–Crippen LogP) is 2.14. The van der Waals surface area contributed by atoms with Gasteiger partial charge in [-0.25, -0.2) is 0 Å². The largest absolute Gasteiger partial charge is 0.376 e. The van der Waals surface area contributed by atoms with Gasteiger partial charge in [-0.05, 0) is 51.0 Å². The highest BCUT2D eigenvalue weighted by molar-refractivity contribution is 5.94. The maximum absolute atomic E-state index is 12.6. The summed E-state index contributed by atoms with van der Waals surface area (Å²) in [4.78, 5) is 15.1. The Kier molecular flexibility index (Phi) is 5.02. The second-order valence-corrected chi connectivity index (χ2v) is 7.94. The van der Waals surface area contributed by atoms with Crippen molar-refractivity contribution in [1.82, 2.24) is 20.0 Å². The summed E-state index contributed by atoms with van der Waals surface area (Å²) in [6.07, 6.45) is 1.25. The van der Waals surface area contributed by atoms with Gasteiger partial charge in [-0.3, -0.25) is 14.4 Å². The van der Waals surface area contributed by atoms with Gasteiger partial charge in [0.15, 0.2) is 0 Å². The summed E-state index contributed by atoms with van der Waals surface area (Å²) in [5.74, 6) is 0.00600. The fourth-order valence-electron chi connectivity index (χ4n) is 4.18. The molecule has 0 bridgehead atoms. The lowest BCUT2D eigenvalue weighted by Gasteiger charge is -2.33.